The quantitative estimate of drug-likeness (QED) is 0.632. The van der Waals surface area contributed by atoms with Gasteiger partial charge in [0.05, 0.1) is 6.04 Å². The number of hydrogen-bond donors (Lipinski definition) is 1. The fourth-order valence-corrected chi connectivity index (χ4v) is 5.28. The van der Waals surface area contributed by atoms with Crippen LogP contribution in [0.5, 0.6) is 5.75 Å². The maximum Gasteiger partial charge on any atom is 0.128 e. The van der Waals surface area contributed by atoms with Crippen molar-refractivity contribution >= 4 is 12.2 Å². The van der Waals surface area contributed by atoms with Gasteiger partial charge >= 0.3 is 0 Å². The topological polar surface area (TPSA) is 36.4 Å². The van der Waals surface area contributed by atoms with Crippen molar-refractivity contribution in [1.82, 2.24) is 9.88 Å². The normalized spacial score (nSPS) is 18.4. The first kappa shape index (κ1) is 21.8. The summed E-state index contributed by atoms with van der Waals surface area (Å²) >= 11 is 0. The van der Waals surface area contributed by atoms with Gasteiger partial charge in [-0.3, -0.25) is 9.88 Å². The molecule has 1 N–H and O–H groups in total. The van der Waals surface area contributed by atoms with Gasteiger partial charge in [0.25, 0.3) is 0 Å². The Morgan fingerprint density at radius 2 is 1.84 bits per heavy atom. The predicted octanol–water partition coefficient (Wildman–Crippen LogP) is 5.18. The van der Waals surface area contributed by atoms with Gasteiger partial charge in [-0.1, -0.05) is 57.1 Å². The average Bonchev–Trinajstić information content (AvgIpc) is 2.82. The largest absolute Gasteiger partial charge is 0.507 e. The number of aromatic nitrogens is 1. The van der Waals surface area contributed by atoms with E-state index in [1.807, 2.05) is 12.4 Å². The van der Waals surface area contributed by atoms with Crippen molar-refractivity contribution in [3.8, 4) is 5.75 Å². The molecule has 0 bridgehead atoms. The lowest BCUT2D eigenvalue weighted by atomic mass is 9.81. The first-order valence-corrected chi connectivity index (χ1v) is 12.0. The van der Waals surface area contributed by atoms with Crippen molar-refractivity contribution in [2.75, 3.05) is 13.1 Å². The molecular weight excluding hydrogens is 380 g/mol. The van der Waals surface area contributed by atoms with E-state index in [0.29, 0.717) is 5.75 Å². The fraction of sp³-hybridized carbons (Fsp3) is 0.464. The van der Waals surface area contributed by atoms with Gasteiger partial charge < -0.3 is 5.11 Å². The molecule has 2 aliphatic rings. The van der Waals surface area contributed by atoms with E-state index >= 15 is 0 Å². The molecule has 1 aliphatic heterocycles. The molecule has 164 valence electrons. The molecular formula is C28H36N2O. The van der Waals surface area contributed by atoms with Crippen molar-refractivity contribution in [1.29, 1.82) is 0 Å². The van der Waals surface area contributed by atoms with E-state index < -0.39 is 0 Å². The fourth-order valence-electron chi connectivity index (χ4n) is 5.28. The maximum atomic E-state index is 11.7. The molecule has 31 heavy (non-hydrogen) atoms. The monoisotopic (exact) mass is 416 g/mol. The molecule has 2 atom stereocenters. The Kier molecular flexibility index (Phi) is 6.92. The van der Waals surface area contributed by atoms with Crippen molar-refractivity contribution in [2.24, 2.45) is 0 Å². The SMILES string of the molecule is C=C(CCC)C(C)c1cc2c(c(O)c1C(c1ccncc1)N1CCCCC1)=CCCC=2. The number of phenols is 1. The zero-order valence-electron chi connectivity index (χ0n) is 19.1. The van der Waals surface area contributed by atoms with Crippen LogP contribution in [0.25, 0.3) is 12.2 Å². The number of pyridine rings is 1. The van der Waals surface area contributed by atoms with E-state index in [0.717, 1.165) is 49.6 Å². The zero-order chi connectivity index (χ0) is 21.8. The summed E-state index contributed by atoms with van der Waals surface area (Å²) in [6.45, 7) is 11.0. The summed E-state index contributed by atoms with van der Waals surface area (Å²) < 4.78 is 0. The highest BCUT2D eigenvalue weighted by Gasteiger charge is 2.31. The average molecular weight is 417 g/mol. The summed E-state index contributed by atoms with van der Waals surface area (Å²) in [7, 11) is 0. The lowest BCUT2D eigenvalue weighted by Crippen LogP contribution is -2.37. The van der Waals surface area contributed by atoms with Gasteiger partial charge in [-0.25, -0.2) is 0 Å². The van der Waals surface area contributed by atoms with Crippen molar-refractivity contribution in [2.45, 2.75) is 70.8 Å². The number of rotatable bonds is 7. The van der Waals surface area contributed by atoms with Crippen molar-refractivity contribution < 1.29 is 5.11 Å². The number of likely N-dealkylation sites (tertiary alicyclic amines) is 1. The maximum absolute atomic E-state index is 11.7. The van der Waals surface area contributed by atoms with Crippen LogP contribution in [-0.2, 0) is 0 Å². The van der Waals surface area contributed by atoms with Gasteiger partial charge in [-0.2, -0.15) is 0 Å². The number of nitrogens with zero attached hydrogens (tertiary/aromatic N) is 2. The van der Waals surface area contributed by atoms with Crippen molar-refractivity contribution in [3.63, 3.8) is 0 Å². The lowest BCUT2D eigenvalue weighted by molar-refractivity contribution is 0.184. The number of allylic oxidation sites excluding steroid dienone is 1. The molecule has 2 heterocycles. The molecule has 0 radical (unpaired) electrons. The van der Waals surface area contributed by atoms with Gasteiger partial charge in [0.15, 0.2) is 0 Å². The van der Waals surface area contributed by atoms with Crippen LogP contribution in [0, 0.1) is 0 Å². The third-order valence-electron chi connectivity index (χ3n) is 7.02. The van der Waals surface area contributed by atoms with Crippen LogP contribution in [0.3, 0.4) is 0 Å². The molecule has 0 amide bonds. The van der Waals surface area contributed by atoms with E-state index in [1.165, 1.54) is 41.2 Å². The third-order valence-corrected chi connectivity index (χ3v) is 7.02. The molecule has 1 fully saturated rings. The second-order valence-corrected chi connectivity index (χ2v) is 9.13. The second-order valence-electron chi connectivity index (χ2n) is 9.13. The Balaban J connectivity index is 1.96. The van der Waals surface area contributed by atoms with Crippen LogP contribution in [-0.4, -0.2) is 28.1 Å². The molecule has 4 rings (SSSR count). The van der Waals surface area contributed by atoms with Gasteiger partial charge in [0.1, 0.15) is 5.75 Å². The highest BCUT2D eigenvalue weighted by molar-refractivity contribution is 5.55. The predicted molar refractivity (Wildman–Crippen MR) is 129 cm³/mol. The highest BCUT2D eigenvalue weighted by atomic mass is 16.3. The minimum atomic E-state index is 0.0378. The van der Waals surface area contributed by atoms with Gasteiger partial charge in [-0.15, -0.1) is 0 Å². The molecule has 1 aromatic heterocycles. The molecule has 1 aliphatic carbocycles. The number of hydrogen-bond acceptors (Lipinski definition) is 3. The van der Waals surface area contributed by atoms with Gasteiger partial charge in [0.2, 0.25) is 0 Å². The zero-order valence-corrected chi connectivity index (χ0v) is 19.1. The molecule has 2 unspecified atom stereocenters. The minimum absolute atomic E-state index is 0.0378. The molecule has 0 spiro atoms. The number of fused-ring (bicyclic) bond motifs is 1. The van der Waals surface area contributed by atoms with Crippen LogP contribution in [0.15, 0.2) is 42.7 Å². The Hall–Kier alpha value is -2.39. The lowest BCUT2D eigenvalue weighted by Gasteiger charge is -2.37. The molecule has 1 saturated heterocycles. The first-order valence-electron chi connectivity index (χ1n) is 12.0. The first-order chi connectivity index (χ1) is 15.1. The number of piperidine rings is 1. The van der Waals surface area contributed by atoms with E-state index in [1.54, 1.807) is 0 Å². The van der Waals surface area contributed by atoms with E-state index in [2.05, 4.69) is 60.7 Å². The summed E-state index contributed by atoms with van der Waals surface area (Å²) in [5.41, 5.74) is 4.76. The minimum Gasteiger partial charge on any atom is -0.507 e. The Bertz CT molecular complexity index is 1030. The van der Waals surface area contributed by atoms with Crippen LogP contribution in [0.1, 0.15) is 87.4 Å². The van der Waals surface area contributed by atoms with Crippen LogP contribution in [0.2, 0.25) is 0 Å². The summed E-state index contributed by atoms with van der Waals surface area (Å²) in [4.78, 5) is 6.82. The Labute approximate surface area is 186 Å². The number of benzene rings is 1. The van der Waals surface area contributed by atoms with Gasteiger partial charge in [-0.05, 0) is 73.7 Å². The smallest absolute Gasteiger partial charge is 0.128 e. The van der Waals surface area contributed by atoms with Crippen molar-refractivity contribution in [3.05, 3.63) is 69.9 Å². The van der Waals surface area contributed by atoms with E-state index in [4.69, 9.17) is 0 Å². The Morgan fingerprint density at radius 3 is 2.55 bits per heavy atom. The summed E-state index contributed by atoms with van der Waals surface area (Å²) in [5, 5.41) is 13.9. The molecule has 2 aromatic rings. The van der Waals surface area contributed by atoms with Crippen LogP contribution >= 0.6 is 0 Å². The highest BCUT2D eigenvalue weighted by Crippen LogP contribution is 2.40. The molecule has 3 nitrogen and oxygen atoms in total. The second kappa shape index (κ2) is 9.82. The standard InChI is InChI=1S/C28H36N2O/c1-4-10-20(2)21(3)25-19-23-11-6-7-12-24(23)28(31)26(25)27(22-13-15-29-16-14-22)30-17-8-5-9-18-30/h11-16,19,21,27,31H,2,4-10,17-18H2,1,3H3. The summed E-state index contributed by atoms with van der Waals surface area (Å²) in [6.07, 6.45) is 16.1. The summed E-state index contributed by atoms with van der Waals surface area (Å²) in [6, 6.07) is 6.60. The molecule has 1 aromatic carbocycles. The number of aromatic hydroxyl groups is 1. The molecule has 3 heteroatoms. The van der Waals surface area contributed by atoms with E-state index in [9.17, 15) is 5.11 Å². The molecule has 0 saturated carbocycles. The van der Waals surface area contributed by atoms with Crippen LogP contribution < -0.4 is 10.4 Å². The number of phenolic OH excluding ortho intramolecular Hbond substituents is 1. The summed E-state index contributed by atoms with van der Waals surface area (Å²) in [5.74, 6) is 0.669. The Morgan fingerprint density at radius 1 is 1.13 bits per heavy atom. The van der Waals surface area contributed by atoms with Crippen LogP contribution in [0.4, 0.5) is 0 Å². The van der Waals surface area contributed by atoms with Gasteiger partial charge in [0, 0.05) is 29.1 Å². The van der Waals surface area contributed by atoms with E-state index in [-0.39, 0.29) is 12.0 Å². The third kappa shape index (κ3) is 4.48.